The van der Waals surface area contributed by atoms with Gasteiger partial charge in [0.25, 0.3) is 5.91 Å². The van der Waals surface area contributed by atoms with Gasteiger partial charge in [-0.1, -0.05) is 24.3 Å². The van der Waals surface area contributed by atoms with E-state index in [0.29, 0.717) is 29.0 Å². The quantitative estimate of drug-likeness (QED) is 0.940. The molecular formula is C19H19NO4. The van der Waals surface area contributed by atoms with Gasteiger partial charge in [0.2, 0.25) is 0 Å². The predicted octanol–water partition coefficient (Wildman–Crippen LogP) is 3.30. The van der Waals surface area contributed by atoms with Crippen molar-refractivity contribution in [3.8, 4) is 5.75 Å². The summed E-state index contributed by atoms with van der Waals surface area (Å²) in [5.74, 6) is -0.992. The zero-order chi connectivity index (χ0) is 17.3. The van der Waals surface area contributed by atoms with Crippen LogP contribution < -0.4 is 9.64 Å². The van der Waals surface area contributed by atoms with E-state index >= 15 is 0 Å². The zero-order valence-electron chi connectivity index (χ0n) is 13.6. The van der Waals surface area contributed by atoms with Gasteiger partial charge in [0.05, 0.1) is 13.0 Å². The molecule has 0 radical (unpaired) electrons. The molecule has 0 unspecified atom stereocenters. The second-order valence-electron chi connectivity index (χ2n) is 5.94. The van der Waals surface area contributed by atoms with E-state index in [1.54, 1.807) is 54.5 Å². The van der Waals surface area contributed by atoms with Crippen LogP contribution in [0.2, 0.25) is 0 Å². The van der Waals surface area contributed by atoms with Gasteiger partial charge in [-0.15, -0.1) is 0 Å². The number of fused-ring (bicyclic) bond motifs is 1. The number of carbonyl (C=O) groups excluding carboxylic acids is 1. The van der Waals surface area contributed by atoms with Gasteiger partial charge >= 0.3 is 5.97 Å². The van der Waals surface area contributed by atoms with Gasteiger partial charge in [0.1, 0.15) is 5.75 Å². The van der Waals surface area contributed by atoms with Crippen molar-refractivity contribution in [2.24, 2.45) is 0 Å². The minimum absolute atomic E-state index is 0.155. The van der Waals surface area contributed by atoms with Crippen molar-refractivity contribution in [3.05, 3.63) is 59.7 Å². The van der Waals surface area contributed by atoms with E-state index in [1.165, 1.54) is 0 Å². The van der Waals surface area contributed by atoms with Gasteiger partial charge < -0.3 is 14.7 Å². The maximum atomic E-state index is 13.0. The molecule has 0 bridgehead atoms. The maximum absolute atomic E-state index is 13.0. The molecule has 3 rings (SSSR count). The molecule has 124 valence electrons. The van der Waals surface area contributed by atoms with Crippen molar-refractivity contribution in [2.75, 3.05) is 12.0 Å². The second kappa shape index (κ2) is 6.35. The first-order valence-corrected chi connectivity index (χ1v) is 7.82. The lowest BCUT2D eigenvalue weighted by Gasteiger charge is -2.38. The Morgan fingerprint density at radius 3 is 2.62 bits per heavy atom. The first kappa shape index (κ1) is 16.1. The lowest BCUT2D eigenvalue weighted by Crippen LogP contribution is -2.44. The highest BCUT2D eigenvalue weighted by atomic mass is 16.5. The smallest absolute Gasteiger partial charge is 0.311 e. The fourth-order valence-corrected chi connectivity index (χ4v) is 3.25. The molecule has 1 amide bonds. The molecule has 0 saturated heterocycles. The number of carbonyl (C=O) groups is 2. The summed E-state index contributed by atoms with van der Waals surface area (Å²) >= 11 is 0. The first-order chi connectivity index (χ1) is 11.5. The molecule has 1 aliphatic heterocycles. The van der Waals surface area contributed by atoms with Crippen LogP contribution in [-0.4, -0.2) is 30.1 Å². The summed E-state index contributed by atoms with van der Waals surface area (Å²) in [5.41, 5.74) is 1.86. The number of anilines is 1. The molecule has 5 nitrogen and oxygen atoms in total. The van der Waals surface area contributed by atoms with Crippen LogP contribution in [0.15, 0.2) is 48.5 Å². The van der Waals surface area contributed by atoms with Gasteiger partial charge in [-0.05, 0) is 43.2 Å². The Morgan fingerprint density at radius 2 is 1.92 bits per heavy atom. The van der Waals surface area contributed by atoms with Gasteiger partial charge in [0, 0.05) is 17.3 Å². The maximum Gasteiger partial charge on any atom is 0.311 e. The molecule has 2 aromatic rings. The number of amides is 1. The van der Waals surface area contributed by atoms with Crippen LogP contribution in [-0.2, 0) is 4.79 Å². The van der Waals surface area contributed by atoms with Gasteiger partial charge in [-0.25, -0.2) is 0 Å². The summed E-state index contributed by atoms with van der Waals surface area (Å²) in [6.45, 7) is 1.88. The number of hydrogen-bond donors (Lipinski definition) is 1. The number of carboxylic acids is 1. The lowest BCUT2D eigenvalue weighted by molar-refractivity contribution is -0.139. The van der Waals surface area contributed by atoms with Crippen molar-refractivity contribution >= 4 is 17.6 Å². The van der Waals surface area contributed by atoms with Crippen LogP contribution in [0, 0.1) is 0 Å². The third-order valence-corrected chi connectivity index (χ3v) is 4.42. The zero-order valence-corrected chi connectivity index (χ0v) is 13.6. The molecule has 0 aromatic heterocycles. The van der Waals surface area contributed by atoms with E-state index in [1.807, 2.05) is 13.0 Å². The summed E-state index contributed by atoms with van der Waals surface area (Å²) in [7, 11) is 1.56. The van der Waals surface area contributed by atoms with Crippen LogP contribution in [0.4, 0.5) is 5.69 Å². The molecule has 1 aliphatic rings. The predicted molar refractivity (Wildman–Crippen MR) is 90.7 cm³/mol. The number of benzene rings is 2. The number of methoxy groups -OCH3 is 1. The minimum atomic E-state index is -0.859. The van der Waals surface area contributed by atoms with E-state index in [9.17, 15) is 14.7 Å². The molecular weight excluding hydrogens is 306 g/mol. The third kappa shape index (κ3) is 2.73. The largest absolute Gasteiger partial charge is 0.497 e. The van der Waals surface area contributed by atoms with Crippen molar-refractivity contribution in [1.29, 1.82) is 0 Å². The van der Waals surface area contributed by atoms with E-state index in [0.717, 1.165) is 0 Å². The van der Waals surface area contributed by atoms with Gasteiger partial charge in [-0.3, -0.25) is 9.59 Å². The molecule has 24 heavy (non-hydrogen) atoms. The number of carboxylic acid groups (broad SMARTS) is 1. The molecule has 1 N–H and O–H groups in total. The molecule has 0 aliphatic carbocycles. The van der Waals surface area contributed by atoms with Crippen LogP contribution >= 0.6 is 0 Å². The van der Waals surface area contributed by atoms with E-state index in [4.69, 9.17) is 4.74 Å². The summed E-state index contributed by atoms with van der Waals surface area (Å²) in [6.07, 6.45) is 0.391. The highest BCUT2D eigenvalue weighted by Gasteiger charge is 2.37. The Bertz CT molecular complexity index is 786. The summed E-state index contributed by atoms with van der Waals surface area (Å²) in [6, 6.07) is 14.0. The molecule has 2 aromatic carbocycles. The van der Waals surface area contributed by atoms with E-state index in [2.05, 4.69) is 0 Å². The molecule has 5 heteroatoms. The molecule has 0 saturated carbocycles. The van der Waals surface area contributed by atoms with Gasteiger partial charge in [0.15, 0.2) is 0 Å². The van der Waals surface area contributed by atoms with Crippen LogP contribution in [0.5, 0.6) is 5.75 Å². The fraction of sp³-hybridized carbons (Fsp3) is 0.263. The molecule has 0 fully saturated rings. The summed E-state index contributed by atoms with van der Waals surface area (Å²) < 4.78 is 5.19. The van der Waals surface area contributed by atoms with E-state index in [-0.39, 0.29) is 11.9 Å². The Labute approximate surface area is 140 Å². The number of ether oxygens (including phenoxy) is 1. The Kier molecular flexibility index (Phi) is 4.25. The molecule has 2 atom stereocenters. The minimum Gasteiger partial charge on any atom is -0.497 e. The molecule has 0 spiro atoms. The van der Waals surface area contributed by atoms with Crippen molar-refractivity contribution in [2.45, 2.75) is 25.3 Å². The van der Waals surface area contributed by atoms with Crippen LogP contribution in [0.1, 0.15) is 35.2 Å². The average molecular weight is 325 g/mol. The number of aliphatic carboxylic acids is 1. The van der Waals surface area contributed by atoms with Crippen LogP contribution in [0.3, 0.4) is 0 Å². The number of rotatable bonds is 3. The number of para-hydroxylation sites is 1. The van der Waals surface area contributed by atoms with Crippen molar-refractivity contribution < 1.29 is 19.4 Å². The SMILES string of the molecule is COc1cccc(C(=O)N2c3ccccc3[C@H](C(=O)O)C[C@H]2C)c1. The van der Waals surface area contributed by atoms with Crippen LogP contribution in [0.25, 0.3) is 0 Å². The lowest BCUT2D eigenvalue weighted by atomic mass is 9.85. The Morgan fingerprint density at radius 1 is 1.17 bits per heavy atom. The Balaban J connectivity index is 2.05. The highest BCUT2D eigenvalue weighted by molar-refractivity contribution is 6.08. The number of nitrogens with zero attached hydrogens (tertiary/aromatic N) is 1. The van der Waals surface area contributed by atoms with E-state index < -0.39 is 11.9 Å². The topological polar surface area (TPSA) is 66.8 Å². The van der Waals surface area contributed by atoms with Gasteiger partial charge in [-0.2, -0.15) is 0 Å². The monoisotopic (exact) mass is 325 g/mol. The Hall–Kier alpha value is -2.82. The first-order valence-electron chi connectivity index (χ1n) is 7.82. The highest BCUT2D eigenvalue weighted by Crippen LogP contribution is 2.39. The number of hydrogen-bond acceptors (Lipinski definition) is 3. The fourth-order valence-electron chi connectivity index (χ4n) is 3.25. The van der Waals surface area contributed by atoms with Crippen molar-refractivity contribution in [3.63, 3.8) is 0 Å². The molecule has 1 heterocycles. The summed E-state index contributed by atoms with van der Waals surface area (Å²) in [5, 5.41) is 9.49. The second-order valence-corrected chi connectivity index (χ2v) is 5.94. The standard InChI is InChI=1S/C19H19NO4/c1-12-10-16(19(22)23)15-8-3-4-9-17(15)20(12)18(21)13-6-5-7-14(11-13)24-2/h3-9,11-12,16H,10H2,1-2H3,(H,22,23)/t12-,16-/m1/s1. The summed E-state index contributed by atoms with van der Waals surface area (Å²) in [4.78, 5) is 26.3. The third-order valence-electron chi connectivity index (χ3n) is 4.42. The normalized spacial score (nSPS) is 19.5. The van der Waals surface area contributed by atoms with Crippen molar-refractivity contribution in [1.82, 2.24) is 0 Å². The average Bonchev–Trinajstić information content (AvgIpc) is 2.60.